The number of benzene rings is 12. The number of rotatable bonds is 24. The van der Waals surface area contributed by atoms with Crippen molar-refractivity contribution < 1.29 is 63.8 Å². The molecule has 8 aliphatic carbocycles. The normalized spacial score (nSPS) is 23.3. The summed E-state index contributed by atoms with van der Waals surface area (Å²) in [4.78, 5) is 43.5. The number of fused-ring (bicyclic) bond motifs is 12. The molecule has 12 aromatic carbocycles. The number of aromatic hydroxyl groups is 1. The van der Waals surface area contributed by atoms with Gasteiger partial charge in [0.1, 0.15) is 75.9 Å². The predicted molar refractivity (Wildman–Crippen MR) is 539 cm³/mol. The van der Waals surface area contributed by atoms with E-state index < -0.39 is 26.8 Å². The van der Waals surface area contributed by atoms with Crippen molar-refractivity contribution in [1.29, 1.82) is 0 Å². The Morgan fingerprint density at radius 1 is 0.421 bits per heavy atom. The van der Waals surface area contributed by atoms with Crippen LogP contribution in [0.3, 0.4) is 0 Å². The smallest absolute Gasteiger partial charge is 0.508 e. The van der Waals surface area contributed by atoms with Crippen LogP contribution in [0, 0.1) is 47.3 Å². The molecule has 8 saturated carbocycles. The number of aromatic amines is 1. The van der Waals surface area contributed by atoms with Crippen LogP contribution in [0.25, 0.3) is 53.0 Å². The number of phenols is 1. The first kappa shape index (κ1) is 91.7. The molecule has 25 rings (SSSR count). The Balaban J connectivity index is 0.000000108. The van der Waals surface area contributed by atoms with Crippen LogP contribution in [0.4, 0.5) is 13.2 Å². The number of para-hydroxylation sites is 4. The molecule has 5 aromatic heterocycles. The van der Waals surface area contributed by atoms with E-state index in [4.69, 9.17) is 42.3 Å². The number of hydrogen-bond acceptors (Lipinski definition) is 20. The van der Waals surface area contributed by atoms with Gasteiger partial charge in [0.15, 0.2) is 0 Å². The van der Waals surface area contributed by atoms with Gasteiger partial charge in [-0.25, -0.2) is 34.6 Å². The molecule has 0 saturated heterocycles. The Kier molecular flexibility index (Phi) is 25.1. The third-order valence-corrected chi connectivity index (χ3v) is 35.1. The van der Waals surface area contributed by atoms with Crippen molar-refractivity contribution in [3.05, 3.63) is 385 Å². The lowest BCUT2D eigenvalue weighted by molar-refractivity contribution is -0.0500. The predicted octanol–water partition coefficient (Wildman–Crippen LogP) is 26.9. The summed E-state index contributed by atoms with van der Waals surface area (Å²) in [5, 5.41) is 21.4. The second-order valence-corrected chi connectivity index (χ2v) is 43.6. The van der Waals surface area contributed by atoms with Crippen molar-refractivity contribution in [2.75, 3.05) is 7.11 Å². The van der Waals surface area contributed by atoms with Gasteiger partial charge in [-0.05, 0) is 279 Å². The van der Waals surface area contributed by atoms with Gasteiger partial charge < -0.3 is 37.4 Å². The van der Waals surface area contributed by atoms with E-state index >= 15 is 0 Å². The number of H-pyrrole nitrogens is 1. The van der Waals surface area contributed by atoms with E-state index in [9.17, 15) is 36.3 Å². The number of aromatic nitrogens is 6. The topological polar surface area (TPSA) is 237 Å². The van der Waals surface area contributed by atoms with Gasteiger partial charge >= 0.3 is 27.4 Å². The number of halogens is 3. The first-order valence-corrected chi connectivity index (χ1v) is 52.1. The van der Waals surface area contributed by atoms with E-state index in [2.05, 4.69) is 154 Å². The van der Waals surface area contributed by atoms with Gasteiger partial charge in [0.25, 0.3) is 0 Å². The van der Waals surface area contributed by atoms with Crippen LogP contribution in [0.5, 0.6) is 34.5 Å². The third kappa shape index (κ3) is 17.7. The number of pyridine rings is 1. The second kappa shape index (κ2) is 38.4. The number of methoxy groups -OCH3 is 1. The molecule has 8 aliphatic rings. The quantitative estimate of drug-likeness (QED) is 0.0325. The molecule has 140 heavy (non-hydrogen) atoms. The van der Waals surface area contributed by atoms with Gasteiger partial charge in [0, 0.05) is 43.7 Å². The maximum atomic E-state index is 13.3. The van der Waals surface area contributed by atoms with Crippen molar-refractivity contribution in [3.8, 4) is 46.0 Å². The Hall–Kier alpha value is -13.3. The van der Waals surface area contributed by atoms with Crippen LogP contribution in [0.15, 0.2) is 313 Å². The van der Waals surface area contributed by atoms with E-state index in [1.165, 1.54) is 110 Å². The van der Waals surface area contributed by atoms with Gasteiger partial charge in [0.2, 0.25) is 5.89 Å². The zero-order chi connectivity index (χ0) is 95.3. The minimum absolute atomic E-state index is 0.122. The second-order valence-electron chi connectivity index (χ2n) is 38.7. The van der Waals surface area contributed by atoms with Crippen LogP contribution in [0.2, 0.25) is 0 Å². The fourth-order valence-electron chi connectivity index (χ4n) is 25.3. The molecule has 18 nitrogen and oxygen atoms in total. The molecule has 25 heteroatoms. The summed E-state index contributed by atoms with van der Waals surface area (Å²) in [6, 6.07) is 100. The highest BCUT2D eigenvalue weighted by Gasteiger charge is 2.59. The molecule has 12 atom stereocenters. The van der Waals surface area contributed by atoms with Gasteiger partial charge in [-0.3, -0.25) is 0 Å². The zero-order valence-corrected chi connectivity index (χ0v) is 80.3. The fraction of sp³-hybridized carbons (Fsp3) is 0.296. The maximum absolute atomic E-state index is 13.3. The van der Waals surface area contributed by atoms with E-state index in [-0.39, 0.29) is 40.5 Å². The Labute approximate surface area is 821 Å². The van der Waals surface area contributed by atoms with Crippen LogP contribution in [-0.4, -0.2) is 62.2 Å². The van der Waals surface area contributed by atoms with E-state index in [0.717, 1.165) is 147 Å². The van der Waals surface area contributed by atoms with Crippen molar-refractivity contribution >= 4 is 91.7 Å². The molecular weight excluding hydrogens is 1840 g/mol. The van der Waals surface area contributed by atoms with Crippen molar-refractivity contribution in [2.24, 2.45) is 47.3 Å². The van der Waals surface area contributed by atoms with Crippen molar-refractivity contribution in [2.45, 2.75) is 156 Å². The largest absolute Gasteiger partial charge is 0.534 e. The van der Waals surface area contributed by atoms with E-state index in [1.807, 2.05) is 146 Å². The number of nitrogens with zero attached hydrogens (tertiary/aromatic N) is 5. The van der Waals surface area contributed by atoms with Crippen LogP contribution in [0.1, 0.15) is 178 Å². The Morgan fingerprint density at radius 3 is 1.22 bits per heavy atom. The molecule has 0 amide bonds. The minimum Gasteiger partial charge on any atom is -0.508 e. The number of carbonyl (C=O) groups is 1. The standard InChI is InChI=1S/C31H27N3O3.C29H27NO3S.C28H24F3NO4S2.C27H25NO2S/c35-30-34-33-29(37-30)26-15-14-25(36-19-24-13-11-21-6-4-5-9-28(21)32-24)17-27(26)31(22-7-2-1-3-8-22)18-20-10-12-23(31)16-20;1-32-28(31)23-14-13-22(33-18-27-30-25-9-5-6-10-26(25)34-27)16-24(23)29(20-7-3-2-4-8-20)17-19-11-12-21(29)15-19;29-28(30,31)38(33,34)36-24-13-12-21(35-17-26-32-23-8-4-5-9-25(23)37-26)15-22(24)27(19-6-2-1-3-7-19)16-18-10-11-20(27)14-18;29-24-13-12-21(30-17-26-28-23-8-4-5-9-25(23)31-26)15-22(24)27(19-6-2-1-3-7-19)16-18-10-11-20(27)14-18/h1-9,11,13-15,17,20,23H,10,12,16,18-19H2,(H,34,35);2-10,13-14,16,19,21H,11-12,15,17-18H2,1H3;1-9,12-13,15,18,20H,10-11,14,16-17H2;1-9,12-13,15,18,20,29H,10-11,14,16-17H2. The van der Waals surface area contributed by atoms with Gasteiger partial charge in [0.05, 0.1) is 54.5 Å². The molecule has 710 valence electrons. The fourth-order valence-corrected chi connectivity index (χ4v) is 28.4. The SMILES string of the molecule is COC(=O)c1ccc(OCc2nc3ccccc3s2)cc1C1(c2ccccc2)CC2CCC1C2.O=S(=O)(Oc1ccc(OCc2nc3ccccc3s2)cc1C1(c2ccccc2)CC2CCC1C2)C(F)(F)F.O=c1[nH]nc(-c2ccc(OCc3ccc4ccccc4n3)cc2C2(c3ccccc3)CC3CCC2C3)o1.Oc1ccc(OCc2nc3ccccc3s2)cc1C1(c2ccccc2)CC2CCC1C2. The van der Waals surface area contributed by atoms with Gasteiger partial charge in [-0.1, -0.05) is 208 Å². The Morgan fingerprint density at radius 2 is 0.800 bits per heavy atom. The number of alkyl halides is 3. The number of nitrogens with one attached hydrogen (secondary N) is 1. The van der Waals surface area contributed by atoms with Gasteiger partial charge in [-0.15, -0.1) is 39.1 Å². The highest BCUT2D eigenvalue weighted by Crippen LogP contribution is 2.66. The summed E-state index contributed by atoms with van der Waals surface area (Å²) in [7, 11) is -4.40. The zero-order valence-electron chi connectivity index (χ0n) is 77.1. The summed E-state index contributed by atoms with van der Waals surface area (Å²) < 4.78 is 108. The number of esters is 1. The molecule has 8 bridgehead atoms. The molecule has 0 spiro atoms. The van der Waals surface area contributed by atoms with E-state index in [0.29, 0.717) is 90.3 Å². The number of phenolic OH excluding ortho intramolecular Hbond substituents is 1. The third-order valence-electron chi connectivity index (χ3n) is 31.1. The summed E-state index contributed by atoms with van der Waals surface area (Å²) in [5.74, 6) is 6.58. The average molecular weight is 1950 g/mol. The summed E-state index contributed by atoms with van der Waals surface area (Å²) in [6.07, 6.45) is 18.0. The first-order valence-electron chi connectivity index (χ1n) is 48.3. The average Bonchev–Trinajstić information content (AvgIpc) is 1.57. The van der Waals surface area contributed by atoms with Crippen LogP contribution >= 0.6 is 34.0 Å². The number of thiazole rings is 3. The Bertz CT molecular complexity index is 7490. The first-order chi connectivity index (χ1) is 68.2. The molecule has 2 N–H and O–H groups in total. The lowest BCUT2D eigenvalue weighted by Crippen LogP contribution is -2.35. The van der Waals surface area contributed by atoms with Crippen molar-refractivity contribution in [3.63, 3.8) is 0 Å². The van der Waals surface area contributed by atoms with Gasteiger partial charge in [-0.2, -0.15) is 21.6 Å². The minimum atomic E-state index is -5.86. The molecule has 0 radical (unpaired) electrons. The molecule has 8 fully saturated rings. The lowest BCUT2D eigenvalue weighted by Gasteiger charge is -2.40. The highest BCUT2D eigenvalue weighted by molar-refractivity contribution is 7.88. The molecule has 17 aromatic rings. The molecule has 0 aliphatic heterocycles. The lowest BCUT2D eigenvalue weighted by atomic mass is 9.63. The van der Waals surface area contributed by atoms with Crippen LogP contribution < -0.4 is 28.9 Å². The maximum Gasteiger partial charge on any atom is 0.534 e. The number of carbonyl (C=O) groups excluding carboxylic acids is 1. The molecule has 5 heterocycles. The molecule has 12 unspecified atom stereocenters. The highest BCUT2D eigenvalue weighted by atomic mass is 32.2. The summed E-state index contributed by atoms with van der Waals surface area (Å²) in [5.41, 5.74) is 7.90. The van der Waals surface area contributed by atoms with Crippen LogP contribution in [-0.2, 0) is 62.9 Å². The van der Waals surface area contributed by atoms with E-state index in [1.54, 1.807) is 34.8 Å². The summed E-state index contributed by atoms with van der Waals surface area (Å²) in [6.45, 7) is 1.38. The number of hydrogen-bond donors (Lipinski definition) is 2. The molecular formula is C115H103F3N6O12S4. The summed E-state index contributed by atoms with van der Waals surface area (Å²) >= 11 is 4.82. The monoisotopic (exact) mass is 1940 g/mol. The van der Waals surface area contributed by atoms with Crippen molar-refractivity contribution in [1.82, 2.24) is 30.1 Å². The number of ether oxygens (including phenoxy) is 5.